The van der Waals surface area contributed by atoms with Crippen molar-refractivity contribution in [3.63, 3.8) is 0 Å². The van der Waals surface area contributed by atoms with Gasteiger partial charge in [0.25, 0.3) is 0 Å². The summed E-state index contributed by atoms with van der Waals surface area (Å²) < 4.78 is 0. The molecular formula is C10H23NOS. The van der Waals surface area contributed by atoms with E-state index in [1.807, 2.05) is 11.8 Å². The van der Waals surface area contributed by atoms with Crippen LogP contribution in [-0.2, 0) is 0 Å². The van der Waals surface area contributed by atoms with Crippen LogP contribution in [0.15, 0.2) is 0 Å². The van der Waals surface area contributed by atoms with Crippen LogP contribution in [0.2, 0.25) is 0 Å². The fourth-order valence-corrected chi connectivity index (χ4v) is 2.27. The van der Waals surface area contributed by atoms with Crippen LogP contribution in [0.3, 0.4) is 0 Å². The highest BCUT2D eigenvalue weighted by atomic mass is 32.2. The van der Waals surface area contributed by atoms with Crippen molar-refractivity contribution in [3.8, 4) is 0 Å². The van der Waals surface area contributed by atoms with Gasteiger partial charge in [-0.25, -0.2) is 0 Å². The smallest absolute Gasteiger partial charge is 0.0584 e. The molecule has 2 N–H and O–H groups in total. The van der Waals surface area contributed by atoms with Gasteiger partial charge in [0.1, 0.15) is 0 Å². The average molecular weight is 205 g/mol. The van der Waals surface area contributed by atoms with Crippen LogP contribution in [0.25, 0.3) is 0 Å². The highest BCUT2D eigenvalue weighted by molar-refractivity contribution is 7.99. The Morgan fingerprint density at radius 2 is 2.08 bits per heavy atom. The number of aliphatic hydroxyl groups is 1. The van der Waals surface area contributed by atoms with E-state index in [9.17, 15) is 0 Å². The maximum atomic E-state index is 8.99. The van der Waals surface area contributed by atoms with Crippen molar-refractivity contribution in [3.05, 3.63) is 0 Å². The molecular weight excluding hydrogens is 182 g/mol. The quantitative estimate of drug-likeness (QED) is 0.564. The van der Waals surface area contributed by atoms with Crippen LogP contribution in [0.4, 0.5) is 0 Å². The number of hydrogen-bond donors (Lipinski definition) is 2. The summed E-state index contributed by atoms with van der Waals surface area (Å²) in [5, 5.41) is 12.2. The lowest BCUT2D eigenvalue weighted by Crippen LogP contribution is -2.32. The molecule has 1 atom stereocenters. The van der Waals surface area contributed by atoms with E-state index in [1.54, 1.807) is 0 Å². The largest absolute Gasteiger partial charge is 0.395 e. The second-order valence-corrected chi connectivity index (χ2v) is 4.42. The number of aliphatic hydroxyl groups excluding tert-OH is 1. The summed E-state index contributed by atoms with van der Waals surface area (Å²) in [7, 11) is 0. The molecule has 0 aliphatic rings. The third kappa shape index (κ3) is 8.60. The molecule has 0 saturated carbocycles. The number of rotatable bonds is 9. The molecule has 13 heavy (non-hydrogen) atoms. The molecule has 0 bridgehead atoms. The van der Waals surface area contributed by atoms with Gasteiger partial charge in [-0.3, -0.25) is 0 Å². The molecule has 0 heterocycles. The zero-order chi connectivity index (χ0) is 9.94. The van der Waals surface area contributed by atoms with Gasteiger partial charge in [-0.05, 0) is 30.9 Å². The summed E-state index contributed by atoms with van der Waals surface area (Å²) in [4.78, 5) is 0. The van der Waals surface area contributed by atoms with Crippen molar-refractivity contribution in [2.75, 3.05) is 24.7 Å². The SMILES string of the molecule is CCCCSCCC(CO)NCC. The molecule has 0 fully saturated rings. The molecule has 0 aliphatic heterocycles. The van der Waals surface area contributed by atoms with E-state index < -0.39 is 0 Å². The number of thioether (sulfide) groups is 1. The minimum Gasteiger partial charge on any atom is -0.395 e. The van der Waals surface area contributed by atoms with Gasteiger partial charge < -0.3 is 10.4 Å². The first-order chi connectivity index (χ1) is 6.35. The molecule has 0 rings (SSSR count). The number of nitrogens with one attached hydrogen (secondary N) is 1. The van der Waals surface area contributed by atoms with Gasteiger partial charge in [0.15, 0.2) is 0 Å². The zero-order valence-electron chi connectivity index (χ0n) is 8.88. The molecule has 0 saturated heterocycles. The number of unbranched alkanes of at least 4 members (excludes halogenated alkanes) is 1. The standard InChI is InChI=1S/C10H23NOS/c1-3-5-7-13-8-6-10(9-12)11-4-2/h10-12H,3-9H2,1-2H3. The average Bonchev–Trinajstić information content (AvgIpc) is 2.16. The Balaban J connectivity index is 3.17. The molecule has 3 heteroatoms. The van der Waals surface area contributed by atoms with Gasteiger partial charge in [-0.2, -0.15) is 11.8 Å². The van der Waals surface area contributed by atoms with E-state index in [2.05, 4.69) is 19.2 Å². The molecule has 0 radical (unpaired) electrons. The summed E-state index contributed by atoms with van der Waals surface area (Å²) in [6, 6.07) is 0.305. The van der Waals surface area contributed by atoms with Crippen LogP contribution < -0.4 is 5.32 Å². The van der Waals surface area contributed by atoms with Gasteiger partial charge >= 0.3 is 0 Å². The van der Waals surface area contributed by atoms with Gasteiger partial charge in [0.2, 0.25) is 0 Å². The summed E-state index contributed by atoms with van der Waals surface area (Å²) in [5.74, 6) is 2.43. The first-order valence-electron chi connectivity index (χ1n) is 5.27. The third-order valence-corrected chi connectivity index (χ3v) is 3.07. The van der Waals surface area contributed by atoms with E-state index in [-0.39, 0.29) is 6.61 Å². The van der Waals surface area contributed by atoms with Crippen molar-refractivity contribution < 1.29 is 5.11 Å². The molecule has 0 aromatic heterocycles. The topological polar surface area (TPSA) is 32.3 Å². The monoisotopic (exact) mass is 205 g/mol. The normalized spacial score (nSPS) is 13.2. The summed E-state index contributed by atoms with van der Waals surface area (Å²) in [6.45, 7) is 5.51. The molecule has 0 aromatic carbocycles. The van der Waals surface area contributed by atoms with Crippen molar-refractivity contribution in [1.82, 2.24) is 5.32 Å². The Morgan fingerprint density at radius 1 is 1.31 bits per heavy atom. The third-order valence-electron chi connectivity index (χ3n) is 1.97. The van der Waals surface area contributed by atoms with Crippen molar-refractivity contribution in [2.24, 2.45) is 0 Å². The van der Waals surface area contributed by atoms with Crippen molar-refractivity contribution in [1.29, 1.82) is 0 Å². The predicted octanol–water partition coefficient (Wildman–Crippen LogP) is 1.88. The van der Waals surface area contributed by atoms with Crippen LogP contribution in [0.1, 0.15) is 33.1 Å². The highest BCUT2D eigenvalue weighted by Crippen LogP contribution is 2.07. The molecule has 2 nitrogen and oxygen atoms in total. The second-order valence-electron chi connectivity index (χ2n) is 3.19. The summed E-state index contributed by atoms with van der Waals surface area (Å²) in [6.07, 6.45) is 3.68. The Morgan fingerprint density at radius 3 is 2.62 bits per heavy atom. The molecule has 0 aliphatic carbocycles. The van der Waals surface area contributed by atoms with E-state index in [1.165, 1.54) is 18.6 Å². The van der Waals surface area contributed by atoms with E-state index in [0.717, 1.165) is 18.7 Å². The fraction of sp³-hybridized carbons (Fsp3) is 1.00. The van der Waals surface area contributed by atoms with Crippen molar-refractivity contribution >= 4 is 11.8 Å². The van der Waals surface area contributed by atoms with E-state index in [0.29, 0.717) is 6.04 Å². The maximum absolute atomic E-state index is 8.99. The van der Waals surface area contributed by atoms with Crippen LogP contribution in [0, 0.1) is 0 Å². The molecule has 0 aromatic rings. The molecule has 0 amide bonds. The lowest BCUT2D eigenvalue weighted by atomic mass is 10.2. The maximum Gasteiger partial charge on any atom is 0.0584 e. The summed E-state index contributed by atoms with van der Waals surface area (Å²) >= 11 is 2.00. The zero-order valence-corrected chi connectivity index (χ0v) is 9.70. The lowest BCUT2D eigenvalue weighted by Gasteiger charge is -2.14. The minimum absolute atomic E-state index is 0.266. The van der Waals surface area contributed by atoms with E-state index >= 15 is 0 Å². The Bertz CT molecular complexity index is 101. The van der Waals surface area contributed by atoms with Gasteiger partial charge in [0, 0.05) is 6.04 Å². The first-order valence-corrected chi connectivity index (χ1v) is 6.42. The van der Waals surface area contributed by atoms with Gasteiger partial charge in [0.05, 0.1) is 6.61 Å². The summed E-state index contributed by atoms with van der Waals surface area (Å²) in [5.41, 5.74) is 0. The first kappa shape index (κ1) is 13.3. The van der Waals surface area contributed by atoms with Crippen LogP contribution >= 0.6 is 11.8 Å². The predicted molar refractivity (Wildman–Crippen MR) is 61.4 cm³/mol. The molecule has 80 valence electrons. The highest BCUT2D eigenvalue weighted by Gasteiger charge is 2.03. The lowest BCUT2D eigenvalue weighted by molar-refractivity contribution is 0.242. The number of likely N-dealkylation sites (N-methyl/N-ethyl adjacent to an activating group) is 1. The Kier molecular flexibility index (Phi) is 10.6. The van der Waals surface area contributed by atoms with E-state index in [4.69, 9.17) is 5.11 Å². The Hall–Kier alpha value is 0.270. The Labute approximate surface area is 86.5 Å². The number of hydrogen-bond acceptors (Lipinski definition) is 3. The molecule has 1 unspecified atom stereocenters. The van der Waals surface area contributed by atoms with Crippen molar-refractivity contribution in [2.45, 2.75) is 39.2 Å². The van der Waals surface area contributed by atoms with Crippen LogP contribution in [-0.4, -0.2) is 35.8 Å². The van der Waals surface area contributed by atoms with Gasteiger partial charge in [-0.1, -0.05) is 20.3 Å². The fourth-order valence-electron chi connectivity index (χ4n) is 1.12. The second kappa shape index (κ2) is 10.4. The minimum atomic E-state index is 0.266. The van der Waals surface area contributed by atoms with Gasteiger partial charge in [-0.15, -0.1) is 0 Å². The van der Waals surface area contributed by atoms with Crippen LogP contribution in [0.5, 0.6) is 0 Å². The molecule has 0 spiro atoms.